The largest absolute Gasteiger partial charge is 0.446 e. The van der Waals surface area contributed by atoms with Gasteiger partial charge in [-0.25, -0.2) is 0 Å². The van der Waals surface area contributed by atoms with Crippen LogP contribution in [-0.2, 0) is 9.59 Å². The average molecular weight is 245 g/mol. The van der Waals surface area contributed by atoms with E-state index in [0.717, 1.165) is 0 Å². The van der Waals surface area contributed by atoms with E-state index in [-0.39, 0.29) is 24.2 Å². The molecule has 6 heteroatoms. The van der Waals surface area contributed by atoms with E-state index in [1.54, 1.807) is 19.1 Å². The second-order valence-corrected chi connectivity index (χ2v) is 3.61. The first kappa shape index (κ1) is 12.6. The lowest BCUT2D eigenvalue weighted by Crippen LogP contribution is -2.35. The van der Waals surface area contributed by atoms with Crippen LogP contribution in [0.3, 0.4) is 0 Å². The number of halogens is 1. The van der Waals surface area contributed by atoms with Gasteiger partial charge < -0.3 is 9.32 Å². The Kier molecular flexibility index (Phi) is 4.37. The molecule has 0 aliphatic rings. The number of anilines is 1. The number of aryl methyl sites for hydroxylation is 1. The maximum atomic E-state index is 11.4. The molecule has 2 amide bonds. The van der Waals surface area contributed by atoms with Gasteiger partial charge in [-0.1, -0.05) is 0 Å². The normalized spacial score (nSPS) is 9.94. The van der Waals surface area contributed by atoms with Crippen LogP contribution in [0.25, 0.3) is 0 Å². The Bertz CT molecular complexity index is 389. The Balaban J connectivity index is 2.45. The van der Waals surface area contributed by atoms with Crippen LogP contribution in [0.15, 0.2) is 16.5 Å². The van der Waals surface area contributed by atoms with Crippen molar-refractivity contribution in [3.8, 4) is 0 Å². The highest BCUT2D eigenvalue weighted by Crippen LogP contribution is 2.11. The van der Waals surface area contributed by atoms with Gasteiger partial charge in [0.2, 0.25) is 11.8 Å². The molecular weight excluding hydrogens is 232 g/mol. The van der Waals surface area contributed by atoms with Gasteiger partial charge in [-0.3, -0.25) is 14.9 Å². The molecule has 1 rings (SSSR count). The predicted octanol–water partition coefficient (Wildman–Crippen LogP) is 1.22. The van der Waals surface area contributed by atoms with Crippen LogP contribution in [-0.4, -0.2) is 36.2 Å². The predicted molar refractivity (Wildman–Crippen MR) is 60.4 cm³/mol. The van der Waals surface area contributed by atoms with Crippen LogP contribution in [0.4, 0.5) is 5.88 Å². The summed E-state index contributed by atoms with van der Waals surface area (Å²) in [5.41, 5.74) is 0. The summed E-state index contributed by atoms with van der Waals surface area (Å²) in [6, 6.07) is 3.39. The van der Waals surface area contributed by atoms with Crippen molar-refractivity contribution in [1.82, 2.24) is 4.90 Å². The van der Waals surface area contributed by atoms with Gasteiger partial charge in [0.1, 0.15) is 11.6 Å². The lowest BCUT2D eigenvalue weighted by Gasteiger charge is -2.14. The molecule has 1 N–H and O–H groups in total. The van der Waals surface area contributed by atoms with E-state index in [9.17, 15) is 9.59 Å². The fourth-order valence-corrected chi connectivity index (χ4v) is 1.29. The molecule has 5 nitrogen and oxygen atoms in total. The van der Waals surface area contributed by atoms with E-state index < -0.39 is 0 Å². The Morgan fingerprint density at radius 3 is 2.69 bits per heavy atom. The van der Waals surface area contributed by atoms with Gasteiger partial charge >= 0.3 is 0 Å². The van der Waals surface area contributed by atoms with Crippen LogP contribution in [0.1, 0.15) is 5.76 Å². The summed E-state index contributed by atoms with van der Waals surface area (Å²) >= 11 is 5.35. The summed E-state index contributed by atoms with van der Waals surface area (Å²) in [6.07, 6.45) is 0. The molecule has 0 unspecified atom stereocenters. The monoisotopic (exact) mass is 244 g/mol. The van der Waals surface area contributed by atoms with E-state index in [1.165, 1.54) is 11.9 Å². The Hall–Kier alpha value is -1.49. The van der Waals surface area contributed by atoms with Crippen LogP contribution in [0, 0.1) is 6.92 Å². The van der Waals surface area contributed by atoms with Crippen molar-refractivity contribution in [1.29, 1.82) is 0 Å². The van der Waals surface area contributed by atoms with Crippen LogP contribution < -0.4 is 5.32 Å². The maximum absolute atomic E-state index is 11.4. The fourth-order valence-electron chi connectivity index (χ4n) is 1.08. The Labute approximate surface area is 98.4 Å². The molecule has 0 bridgehead atoms. The molecule has 0 radical (unpaired) electrons. The average Bonchev–Trinajstić information content (AvgIpc) is 2.62. The third-order valence-corrected chi connectivity index (χ3v) is 2.15. The first-order valence-corrected chi connectivity index (χ1v) is 5.22. The molecule has 0 saturated heterocycles. The first-order chi connectivity index (χ1) is 7.52. The standard InChI is InChI=1S/C10H13ClN2O3/c1-7-3-4-9(16-7)12-8(14)6-13(2)10(15)5-11/h3-4H,5-6H2,1-2H3,(H,12,14). The number of alkyl halides is 1. The number of amides is 2. The highest BCUT2D eigenvalue weighted by molar-refractivity contribution is 6.27. The lowest BCUT2D eigenvalue weighted by molar-refractivity contribution is -0.131. The number of nitrogens with one attached hydrogen (secondary N) is 1. The molecule has 0 aromatic carbocycles. The second-order valence-electron chi connectivity index (χ2n) is 3.34. The van der Waals surface area contributed by atoms with Crippen molar-refractivity contribution in [3.05, 3.63) is 17.9 Å². The number of rotatable bonds is 4. The topological polar surface area (TPSA) is 62.6 Å². The number of nitrogens with zero attached hydrogens (tertiary/aromatic N) is 1. The number of hydrogen-bond donors (Lipinski definition) is 1. The van der Waals surface area contributed by atoms with Crippen molar-refractivity contribution in [2.45, 2.75) is 6.92 Å². The van der Waals surface area contributed by atoms with Crippen molar-refractivity contribution >= 4 is 29.3 Å². The second kappa shape index (κ2) is 5.55. The molecule has 1 aromatic heterocycles. The summed E-state index contributed by atoms with van der Waals surface area (Å²) in [7, 11) is 1.51. The fraction of sp³-hybridized carbons (Fsp3) is 0.400. The third kappa shape index (κ3) is 3.58. The van der Waals surface area contributed by atoms with Gasteiger partial charge in [-0.15, -0.1) is 11.6 Å². The molecule has 0 aliphatic heterocycles. The minimum Gasteiger partial charge on any atom is -0.446 e. The van der Waals surface area contributed by atoms with E-state index in [2.05, 4.69) is 5.32 Å². The van der Waals surface area contributed by atoms with Crippen molar-refractivity contribution < 1.29 is 14.0 Å². The Morgan fingerprint density at radius 2 is 2.19 bits per heavy atom. The minimum absolute atomic E-state index is 0.0503. The SMILES string of the molecule is Cc1ccc(NC(=O)CN(C)C(=O)CCl)o1. The van der Waals surface area contributed by atoms with Gasteiger partial charge in [0.25, 0.3) is 0 Å². The van der Waals surface area contributed by atoms with Crippen molar-refractivity contribution in [2.24, 2.45) is 0 Å². The molecule has 0 spiro atoms. The van der Waals surface area contributed by atoms with Gasteiger partial charge in [-0.2, -0.15) is 0 Å². The molecule has 0 aliphatic carbocycles. The van der Waals surface area contributed by atoms with Crippen LogP contribution in [0.2, 0.25) is 0 Å². The maximum Gasteiger partial charge on any atom is 0.246 e. The number of hydrogen-bond acceptors (Lipinski definition) is 3. The molecule has 0 saturated carbocycles. The zero-order valence-electron chi connectivity index (χ0n) is 9.12. The quantitative estimate of drug-likeness (QED) is 0.811. The smallest absolute Gasteiger partial charge is 0.246 e. The molecule has 0 atom stereocenters. The molecule has 88 valence electrons. The highest BCUT2D eigenvalue weighted by Gasteiger charge is 2.12. The zero-order chi connectivity index (χ0) is 12.1. The van der Waals surface area contributed by atoms with Crippen molar-refractivity contribution in [2.75, 3.05) is 24.8 Å². The lowest BCUT2D eigenvalue weighted by atomic mass is 10.4. The molecular formula is C10H13ClN2O3. The Morgan fingerprint density at radius 1 is 1.50 bits per heavy atom. The summed E-state index contributed by atoms with van der Waals surface area (Å²) in [6.45, 7) is 1.73. The van der Waals surface area contributed by atoms with Gasteiger partial charge in [0, 0.05) is 13.1 Å². The van der Waals surface area contributed by atoms with E-state index in [1.807, 2.05) is 0 Å². The first-order valence-electron chi connectivity index (χ1n) is 4.69. The summed E-state index contributed by atoms with van der Waals surface area (Å²) in [4.78, 5) is 23.8. The summed E-state index contributed by atoms with van der Waals surface area (Å²) in [5, 5.41) is 2.53. The number of likely N-dealkylation sites (N-methyl/N-ethyl adjacent to an activating group) is 1. The van der Waals surface area contributed by atoms with E-state index in [4.69, 9.17) is 16.0 Å². The summed E-state index contributed by atoms with van der Waals surface area (Å²) < 4.78 is 5.16. The van der Waals surface area contributed by atoms with Gasteiger partial charge in [-0.05, 0) is 13.0 Å². The van der Waals surface area contributed by atoms with Gasteiger partial charge in [0.05, 0.1) is 6.54 Å². The minimum atomic E-state index is -0.324. The zero-order valence-corrected chi connectivity index (χ0v) is 9.87. The van der Waals surface area contributed by atoms with E-state index >= 15 is 0 Å². The van der Waals surface area contributed by atoms with Crippen LogP contribution >= 0.6 is 11.6 Å². The van der Waals surface area contributed by atoms with Crippen LogP contribution in [0.5, 0.6) is 0 Å². The molecule has 1 aromatic rings. The molecule has 16 heavy (non-hydrogen) atoms. The third-order valence-electron chi connectivity index (χ3n) is 1.92. The van der Waals surface area contributed by atoms with E-state index in [0.29, 0.717) is 11.6 Å². The van der Waals surface area contributed by atoms with Gasteiger partial charge in [0.15, 0.2) is 5.88 Å². The molecule has 0 fully saturated rings. The summed E-state index contributed by atoms with van der Waals surface area (Å²) in [5.74, 6) is 0.321. The number of carbonyl (C=O) groups is 2. The highest BCUT2D eigenvalue weighted by atomic mass is 35.5. The van der Waals surface area contributed by atoms with Crippen molar-refractivity contribution in [3.63, 3.8) is 0 Å². The molecule has 1 heterocycles. The number of carbonyl (C=O) groups excluding carboxylic acids is 2. The number of furan rings is 1.